The number of rotatable bonds is 2. The van der Waals surface area contributed by atoms with Crippen LogP contribution >= 0.6 is 15.9 Å². The van der Waals surface area contributed by atoms with E-state index in [4.69, 9.17) is 10.2 Å². The maximum atomic E-state index is 12.7. The summed E-state index contributed by atoms with van der Waals surface area (Å²) in [6, 6.07) is 15.3. The Hall–Kier alpha value is -3.39. The summed E-state index contributed by atoms with van der Waals surface area (Å²) >= 11 is 3.30. The molecule has 0 spiro atoms. The minimum Gasteiger partial charge on any atom is -0.464 e. The Morgan fingerprint density at radius 3 is 2.87 bits per heavy atom. The zero-order valence-corrected chi connectivity index (χ0v) is 17.7. The van der Waals surface area contributed by atoms with Crippen LogP contribution in [0.4, 0.5) is 0 Å². The molecule has 0 fully saturated rings. The van der Waals surface area contributed by atoms with E-state index in [0.717, 1.165) is 28.8 Å². The molecule has 0 atom stereocenters. The molecule has 4 heterocycles. The Morgan fingerprint density at radius 1 is 1.20 bits per heavy atom. The molecular formula is C22H20BrN5O2. The highest BCUT2D eigenvalue weighted by Crippen LogP contribution is 2.21. The van der Waals surface area contributed by atoms with Gasteiger partial charge in [-0.2, -0.15) is 0 Å². The number of carbonyl (C=O) groups excluding carboxylic acids is 1. The van der Waals surface area contributed by atoms with Crippen LogP contribution in [-0.2, 0) is 17.8 Å². The van der Waals surface area contributed by atoms with Crippen molar-refractivity contribution in [1.29, 1.82) is 0 Å². The molecule has 0 bridgehead atoms. The van der Waals surface area contributed by atoms with Gasteiger partial charge in [0.1, 0.15) is 10.2 Å². The third-order valence-corrected chi connectivity index (χ3v) is 5.25. The molecule has 0 saturated heterocycles. The SMILES string of the molecule is N/C=C(/C(=O)N1CCc2nc[nH]c2C1)c1cccc(Br)n1.c1ccc2occc2c1. The molecule has 0 unspecified atom stereocenters. The van der Waals surface area contributed by atoms with E-state index in [9.17, 15) is 4.79 Å². The van der Waals surface area contributed by atoms with Gasteiger partial charge >= 0.3 is 0 Å². The maximum absolute atomic E-state index is 12.7. The van der Waals surface area contributed by atoms with E-state index in [0.29, 0.717) is 29.0 Å². The lowest BCUT2D eigenvalue weighted by Crippen LogP contribution is -2.36. The van der Waals surface area contributed by atoms with Crippen LogP contribution in [0, 0.1) is 0 Å². The average molecular weight is 466 g/mol. The van der Waals surface area contributed by atoms with Crippen molar-refractivity contribution in [3.8, 4) is 0 Å². The van der Waals surface area contributed by atoms with Gasteiger partial charge in [-0.25, -0.2) is 9.97 Å². The number of H-pyrrole nitrogens is 1. The van der Waals surface area contributed by atoms with Gasteiger partial charge in [-0.15, -0.1) is 0 Å². The van der Waals surface area contributed by atoms with Crippen LogP contribution in [0.3, 0.4) is 0 Å². The largest absolute Gasteiger partial charge is 0.464 e. The summed E-state index contributed by atoms with van der Waals surface area (Å²) in [6.07, 6.45) is 5.42. The first-order valence-electron chi connectivity index (χ1n) is 9.43. The Labute approximate surface area is 181 Å². The number of imidazole rings is 1. The van der Waals surface area contributed by atoms with Gasteiger partial charge in [0.05, 0.1) is 41.8 Å². The van der Waals surface area contributed by atoms with Crippen molar-refractivity contribution in [1.82, 2.24) is 19.9 Å². The van der Waals surface area contributed by atoms with Gasteiger partial charge in [0.15, 0.2) is 0 Å². The number of hydrogen-bond acceptors (Lipinski definition) is 5. The summed E-state index contributed by atoms with van der Waals surface area (Å²) < 4.78 is 5.79. The summed E-state index contributed by atoms with van der Waals surface area (Å²) in [7, 11) is 0. The van der Waals surface area contributed by atoms with Crippen LogP contribution in [-0.4, -0.2) is 32.3 Å². The molecule has 1 amide bonds. The number of furan rings is 1. The summed E-state index contributed by atoms with van der Waals surface area (Å²) in [5.74, 6) is -0.122. The molecule has 0 aliphatic carbocycles. The molecule has 5 rings (SSSR count). The number of aromatic amines is 1. The second-order valence-corrected chi connectivity index (χ2v) is 7.50. The lowest BCUT2D eigenvalue weighted by molar-refractivity contribution is -0.126. The standard InChI is InChI=1S/C14H14BrN5O.C8H6O/c15-13-3-1-2-10(19-13)9(6-16)14(21)20-5-4-11-12(7-20)18-8-17-11;1-2-4-8-7(3-1)5-6-9-8/h1-3,6,8H,4-5,7,16H2,(H,17,18);1-6H/b9-6+;. The summed E-state index contributed by atoms with van der Waals surface area (Å²) in [4.78, 5) is 26.0. The Morgan fingerprint density at radius 2 is 2.07 bits per heavy atom. The smallest absolute Gasteiger partial charge is 0.257 e. The lowest BCUT2D eigenvalue weighted by atomic mass is 10.1. The molecule has 0 saturated carbocycles. The third kappa shape index (κ3) is 4.28. The van der Waals surface area contributed by atoms with Crippen LogP contribution in [0.1, 0.15) is 17.1 Å². The number of amides is 1. The van der Waals surface area contributed by atoms with Gasteiger partial charge in [0, 0.05) is 24.6 Å². The van der Waals surface area contributed by atoms with Crippen molar-refractivity contribution in [3.05, 3.63) is 89.0 Å². The zero-order valence-electron chi connectivity index (χ0n) is 16.1. The highest BCUT2D eigenvalue weighted by molar-refractivity contribution is 9.10. The number of nitrogens with two attached hydrogens (primary N) is 1. The minimum absolute atomic E-state index is 0.122. The second-order valence-electron chi connectivity index (χ2n) is 6.69. The van der Waals surface area contributed by atoms with E-state index < -0.39 is 0 Å². The predicted octanol–water partition coefficient (Wildman–Crippen LogP) is 3.88. The number of pyridine rings is 1. The summed E-state index contributed by atoms with van der Waals surface area (Å²) in [6.45, 7) is 1.14. The van der Waals surface area contributed by atoms with E-state index in [1.54, 1.807) is 29.6 Å². The first kappa shape index (κ1) is 19.9. The molecule has 7 nitrogen and oxygen atoms in total. The molecule has 3 N–H and O–H groups in total. The Bertz CT molecular complexity index is 1170. The number of carbonyl (C=O) groups is 1. The number of hydrogen-bond donors (Lipinski definition) is 2. The summed E-state index contributed by atoms with van der Waals surface area (Å²) in [5.41, 5.74) is 9.58. The molecule has 1 aromatic carbocycles. The number of para-hydroxylation sites is 1. The van der Waals surface area contributed by atoms with E-state index >= 15 is 0 Å². The van der Waals surface area contributed by atoms with Crippen molar-refractivity contribution in [2.45, 2.75) is 13.0 Å². The summed E-state index contributed by atoms with van der Waals surface area (Å²) in [5, 5.41) is 1.16. The van der Waals surface area contributed by atoms with Crippen LogP contribution < -0.4 is 5.73 Å². The normalized spacial score (nSPS) is 13.5. The fraction of sp³-hybridized carbons (Fsp3) is 0.136. The van der Waals surface area contributed by atoms with Gasteiger partial charge < -0.3 is 20.0 Å². The van der Waals surface area contributed by atoms with Crippen molar-refractivity contribution >= 4 is 38.4 Å². The van der Waals surface area contributed by atoms with Gasteiger partial charge in [-0.3, -0.25) is 4.79 Å². The monoisotopic (exact) mass is 465 g/mol. The second kappa shape index (κ2) is 8.96. The zero-order chi connectivity index (χ0) is 20.9. The van der Waals surface area contributed by atoms with Gasteiger partial charge in [-0.05, 0) is 40.2 Å². The third-order valence-electron chi connectivity index (χ3n) is 4.81. The van der Waals surface area contributed by atoms with Gasteiger partial charge in [-0.1, -0.05) is 24.3 Å². The fourth-order valence-corrected chi connectivity index (χ4v) is 3.63. The number of halogens is 1. The highest BCUT2D eigenvalue weighted by Gasteiger charge is 2.25. The topological polar surface area (TPSA) is 101 Å². The average Bonchev–Trinajstić information content (AvgIpc) is 3.43. The molecule has 30 heavy (non-hydrogen) atoms. The van der Waals surface area contributed by atoms with Gasteiger partial charge in [0.25, 0.3) is 5.91 Å². The van der Waals surface area contributed by atoms with Crippen molar-refractivity contribution in [3.63, 3.8) is 0 Å². The highest BCUT2D eigenvalue weighted by atomic mass is 79.9. The first-order chi connectivity index (χ1) is 14.7. The van der Waals surface area contributed by atoms with Gasteiger partial charge in [0.2, 0.25) is 0 Å². The Kier molecular flexibility index (Phi) is 5.94. The van der Waals surface area contributed by atoms with E-state index in [2.05, 4.69) is 30.9 Å². The number of fused-ring (bicyclic) bond motifs is 2. The first-order valence-corrected chi connectivity index (χ1v) is 10.2. The number of aromatic nitrogens is 3. The maximum Gasteiger partial charge on any atom is 0.257 e. The van der Waals surface area contributed by atoms with Crippen LogP contribution in [0.25, 0.3) is 16.5 Å². The number of benzene rings is 1. The van der Waals surface area contributed by atoms with E-state index in [-0.39, 0.29) is 5.91 Å². The molecule has 8 heteroatoms. The molecule has 3 aromatic heterocycles. The molecule has 0 radical (unpaired) electrons. The number of nitrogens with zero attached hydrogens (tertiary/aromatic N) is 3. The molecule has 1 aliphatic heterocycles. The molecular weight excluding hydrogens is 446 g/mol. The molecule has 1 aliphatic rings. The van der Waals surface area contributed by atoms with E-state index in [1.807, 2.05) is 36.4 Å². The van der Waals surface area contributed by atoms with Crippen LogP contribution in [0.15, 0.2) is 76.3 Å². The number of nitrogens with one attached hydrogen (secondary N) is 1. The Balaban J connectivity index is 0.000000200. The minimum atomic E-state index is -0.122. The molecule has 152 valence electrons. The molecule has 4 aromatic rings. The van der Waals surface area contributed by atoms with E-state index in [1.165, 1.54) is 6.20 Å². The predicted molar refractivity (Wildman–Crippen MR) is 118 cm³/mol. The van der Waals surface area contributed by atoms with Crippen molar-refractivity contribution in [2.24, 2.45) is 5.73 Å². The van der Waals surface area contributed by atoms with Crippen LogP contribution in [0.5, 0.6) is 0 Å². The van der Waals surface area contributed by atoms with Crippen LogP contribution in [0.2, 0.25) is 0 Å². The fourth-order valence-electron chi connectivity index (χ4n) is 3.29. The van der Waals surface area contributed by atoms with Crippen molar-refractivity contribution < 1.29 is 9.21 Å². The lowest BCUT2D eigenvalue weighted by Gasteiger charge is -2.27. The van der Waals surface area contributed by atoms with Crippen molar-refractivity contribution in [2.75, 3.05) is 6.54 Å². The quantitative estimate of drug-likeness (QED) is 0.345.